The van der Waals surface area contributed by atoms with Gasteiger partial charge in [-0.1, -0.05) is 29.8 Å². The van der Waals surface area contributed by atoms with Crippen LogP contribution in [-0.4, -0.2) is 34.7 Å². The fourth-order valence-corrected chi connectivity index (χ4v) is 1.84. The Bertz CT molecular complexity index is 718. The summed E-state index contributed by atoms with van der Waals surface area (Å²) in [5, 5.41) is 7.00. The number of nitrogens with one attached hydrogen (secondary N) is 1. The first-order chi connectivity index (χ1) is 10.1. The average molecular weight is 284 g/mol. The lowest BCUT2D eigenvalue weighted by Crippen LogP contribution is -2.24. The number of hydrogen-bond donors (Lipinski definition) is 1. The van der Waals surface area contributed by atoms with Crippen molar-refractivity contribution >= 4 is 18.2 Å². The number of aromatic nitrogens is 1. The second kappa shape index (κ2) is 5.20. The molecule has 2 heterocycles. The molecule has 0 aliphatic carbocycles. The Morgan fingerprint density at radius 3 is 2.76 bits per heavy atom. The van der Waals surface area contributed by atoms with Crippen molar-refractivity contribution in [2.75, 3.05) is 6.54 Å². The van der Waals surface area contributed by atoms with Crippen LogP contribution in [-0.2, 0) is 4.79 Å². The maximum atomic E-state index is 11.3. The normalized spacial score (nSPS) is 15.0. The minimum atomic E-state index is -0.554. The molecule has 7 nitrogen and oxygen atoms in total. The molecule has 1 aromatic carbocycles. The van der Waals surface area contributed by atoms with Crippen LogP contribution in [0.15, 0.2) is 40.0 Å². The molecule has 1 aliphatic rings. The van der Waals surface area contributed by atoms with Crippen LogP contribution < -0.4 is 5.32 Å². The van der Waals surface area contributed by atoms with Crippen LogP contribution in [0, 0.1) is 6.92 Å². The molecule has 21 heavy (non-hydrogen) atoms. The summed E-state index contributed by atoms with van der Waals surface area (Å²) in [6.07, 6.45) is 2.89. The standard InChI is InChI=1S/C14H12N4O3/c1-9-2-4-10(5-3-9)11-6-15-13(21-11)7-16-18-8-12(19)17-14(18)20/h2-7H,8H2,1H3,(H,17,19,20)/b16-7+. The van der Waals surface area contributed by atoms with Crippen LogP contribution >= 0.6 is 0 Å². The first-order valence-electron chi connectivity index (χ1n) is 6.30. The van der Waals surface area contributed by atoms with Crippen LogP contribution in [0.1, 0.15) is 11.5 Å². The lowest BCUT2D eigenvalue weighted by atomic mass is 10.1. The van der Waals surface area contributed by atoms with E-state index in [0.717, 1.165) is 16.1 Å². The summed E-state index contributed by atoms with van der Waals surface area (Å²) in [7, 11) is 0. The van der Waals surface area contributed by atoms with E-state index in [-0.39, 0.29) is 18.3 Å². The van der Waals surface area contributed by atoms with Crippen LogP contribution in [0.25, 0.3) is 11.3 Å². The number of urea groups is 1. The summed E-state index contributed by atoms with van der Waals surface area (Å²) >= 11 is 0. The van der Waals surface area contributed by atoms with Gasteiger partial charge in [0.05, 0.1) is 6.20 Å². The zero-order chi connectivity index (χ0) is 14.8. The molecular formula is C14H12N4O3. The Morgan fingerprint density at radius 2 is 2.10 bits per heavy atom. The lowest BCUT2D eigenvalue weighted by Gasteiger charge is -2.02. The molecule has 0 radical (unpaired) electrons. The van der Waals surface area contributed by atoms with E-state index in [1.54, 1.807) is 6.20 Å². The number of aryl methyl sites for hydroxylation is 1. The third-order valence-corrected chi connectivity index (χ3v) is 2.94. The van der Waals surface area contributed by atoms with Gasteiger partial charge in [0.1, 0.15) is 12.8 Å². The van der Waals surface area contributed by atoms with Crippen molar-refractivity contribution in [1.29, 1.82) is 0 Å². The number of nitrogens with zero attached hydrogens (tertiary/aromatic N) is 3. The number of carbonyl (C=O) groups excluding carboxylic acids is 2. The third kappa shape index (κ3) is 2.81. The topological polar surface area (TPSA) is 87.8 Å². The molecule has 2 aromatic rings. The average Bonchev–Trinajstić information content (AvgIpc) is 3.04. The molecule has 1 saturated heterocycles. The molecule has 0 bridgehead atoms. The molecule has 1 fully saturated rings. The van der Waals surface area contributed by atoms with Crippen molar-refractivity contribution in [3.8, 4) is 11.3 Å². The largest absolute Gasteiger partial charge is 0.435 e. The van der Waals surface area contributed by atoms with E-state index in [4.69, 9.17) is 4.42 Å². The highest BCUT2D eigenvalue weighted by molar-refractivity contribution is 6.02. The van der Waals surface area contributed by atoms with E-state index in [0.29, 0.717) is 5.76 Å². The SMILES string of the molecule is Cc1ccc(-c2cnc(/C=N/N3CC(=O)NC3=O)o2)cc1. The van der Waals surface area contributed by atoms with Crippen LogP contribution in [0.4, 0.5) is 4.79 Å². The molecule has 1 aromatic heterocycles. The fourth-order valence-electron chi connectivity index (χ4n) is 1.84. The predicted molar refractivity (Wildman–Crippen MR) is 74.5 cm³/mol. The van der Waals surface area contributed by atoms with Gasteiger partial charge in [0.25, 0.3) is 0 Å². The summed E-state index contributed by atoms with van der Waals surface area (Å²) in [6, 6.07) is 7.27. The first kappa shape index (κ1) is 13.0. The number of hydrazone groups is 1. The Hall–Kier alpha value is -2.96. The van der Waals surface area contributed by atoms with Gasteiger partial charge in [0.2, 0.25) is 11.8 Å². The number of oxazole rings is 1. The van der Waals surface area contributed by atoms with Crippen molar-refractivity contribution in [1.82, 2.24) is 15.3 Å². The molecule has 7 heteroatoms. The monoisotopic (exact) mass is 284 g/mol. The van der Waals surface area contributed by atoms with E-state index in [1.165, 1.54) is 6.21 Å². The number of carbonyl (C=O) groups is 2. The Balaban J connectivity index is 1.75. The van der Waals surface area contributed by atoms with Gasteiger partial charge in [-0.2, -0.15) is 5.10 Å². The number of benzene rings is 1. The minimum absolute atomic E-state index is 0.0964. The van der Waals surface area contributed by atoms with Crippen molar-refractivity contribution < 1.29 is 14.0 Å². The molecule has 0 atom stereocenters. The van der Waals surface area contributed by atoms with E-state index < -0.39 is 6.03 Å². The zero-order valence-corrected chi connectivity index (χ0v) is 11.2. The highest BCUT2D eigenvalue weighted by atomic mass is 16.4. The molecular weight excluding hydrogens is 272 g/mol. The van der Waals surface area contributed by atoms with Crippen molar-refractivity contribution in [3.05, 3.63) is 41.9 Å². The maximum Gasteiger partial charge on any atom is 0.344 e. The molecule has 0 spiro atoms. The van der Waals surface area contributed by atoms with Crippen molar-refractivity contribution in [2.45, 2.75) is 6.92 Å². The van der Waals surface area contributed by atoms with Crippen molar-refractivity contribution in [3.63, 3.8) is 0 Å². The highest BCUT2D eigenvalue weighted by Crippen LogP contribution is 2.20. The molecule has 3 rings (SSSR count). The van der Waals surface area contributed by atoms with Gasteiger partial charge in [0.15, 0.2) is 5.76 Å². The lowest BCUT2D eigenvalue weighted by molar-refractivity contribution is -0.118. The third-order valence-electron chi connectivity index (χ3n) is 2.94. The highest BCUT2D eigenvalue weighted by Gasteiger charge is 2.26. The van der Waals surface area contributed by atoms with E-state index in [9.17, 15) is 9.59 Å². The first-order valence-corrected chi connectivity index (χ1v) is 6.30. The fraction of sp³-hybridized carbons (Fsp3) is 0.143. The molecule has 1 N–H and O–H groups in total. The van der Waals surface area contributed by atoms with Gasteiger partial charge >= 0.3 is 6.03 Å². The van der Waals surface area contributed by atoms with Crippen LogP contribution in [0.3, 0.4) is 0 Å². The smallest absolute Gasteiger partial charge is 0.344 e. The number of hydrogen-bond acceptors (Lipinski definition) is 5. The summed E-state index contributed by atoms with van der Waals surface area (Å²) in [4.78, 5) is 26.4. The Kier molecular flexibility index (Phi) is 3.23. The van der Waals surface area contributed by atoms with Crippen LogP contribution in [0.5, 0.6) is 0 Å². The molecule has 0 unspecified atom stereocenters. The molecule has 106 valence electrons. The quantitative estimate of drug-likeness (QED) is 0.684. The van der Waals surface area contributed by atoms with Gasteiger partial charge in [-0.25, -0.2) is 14.8 Å². The molecule has 0 saturated carbocycles. The summed E-state index contributed by atoms with van der Waals surface area (Å²) in [5.74, 6) is 0.487. The summed E-state index contributed by atoms with van der Waals surface area (Å²) in [5.41, 5.74) is 2.06. The molecule has 3 amide bonds. The zero-order valence-electron chi connectivity index (χ0n) is 11.2. The number of imide groups is 1. The number of rotatable bonds is 3. The van der Waals surface area contributed by atoms with Gasteiger partial charge in [-0.3, -0.25) is 10.1 Å². The molecule has 1 aliphatic heterocycles. The van der Waals surface area contributed by atoms with Gasteiger partial charge in [-0.05, 0) is 6.92 Å². The number of amides is 3. The van der Waals surface area contributed by atoms with Crippen molar-refractivity contribution in [2.24, 2.45) is 5.10 Å². The minimum Gasteiger partial charge on any atom is -0.435 e. The second-order valence-electron chi connectivity index (χ2n) is 4.58. The van der Waals surface area contributed by atoms with E-state index >= 15 is 0 Å². The van der Waals surface area contributed by atoms with E-state index in [1.807, 2.05) is 31.2 Å². The Morgan fingerprint density at radius 1 is 1.33 bits per heavy atom. The predicted octanol–water partition coefficient (Wildman–Crippen LogP) is 1.54. The van der Waals surface area contributed by atoms with Gasteiger partial charge in [-0.15, -0.1) is 0 Å². The second-order valence-corrected chi connectivity index (χ2v) is 4.58. The van der Waals surface area contributed by atoms with Gasteiger partial charge in [0, 0.05) is 5.56 Å². The Labute approximate surface area is 120 Å². The van der Waals surface area contributed by atoms with E-state index in [2.05, 4.69) is 15.4 Å². The maximum absolute atomic E-state index is 11.3. The van der Waals surface area contributed by atoms with Gasteiger partial charge < -0.3 is 4.42 Å². The summed E-state index contributed by atoms with van der Waals surface area (Å²) in [6.45, 7) is 1.91. The van der Waals surface area contributed by atoms with Crippen LogP contribution in [0.2, 0.25) is 0 Å². The summed E-state index contributed by atoms with van der Waals surface area (Å²) < 4.78 is 5.53.